The molecule has 0 spiro atoms. The molecule has 2 rings (SSSR count). The number of halogens is 1. The van der Waals surface area contributed by atoms with E-state index in [2.05, 4.69) is 22.9 Å². The summed E-state index contributed by atoms with van der Waals surface area (Å²) in [5.41, 5.74) is 2.41. The zero-order valence-electron chi connectivity index (χ0n) is 10.0. The Morgan fingerprint density at radius 3 is 3.00 bits per heavy atom. The summed E-state index contributed by atoms with van der Waals surface area (Å²) >= 11 is 5.97. The van der Waals surface area contributed by atoms with Crippen LogP contribution in [-0.4, -0.2) is 23.0 Å². The zero-order chi connectivity index (χ0) is 11.5. The van der Waals surface area contributed by atoms with Gasteiger partial charge in [-0.3, -0.25) is 4.90 Å². The van der Waals surface area contributed by atoms with Crippen LogP contribution < -0.4 is 0 Å². The van der Waals surface area contributed by atoms with Crippen LogP contribution in [0, 0.1) is 6.92 Å². The minimum Gasteiger partial charge on any atom is -0.297 e. The Labute approximate surface area is 103 Å². The van der Waals surface area contributed by atoms with Crippen molar-refractivity contribution in [2.45, 2.75) is 39.2 Å². The molecule has 0 saturated carbocycles. The first-order valence-electron chi connectivity index (χ1n) is 6.08. The first kappa shape index (κ1) is 11.9. The summed E-state index contributed by atoms with van der Waals surface area (Å²) in [6, 6.07) is 2.73. The van der Waals surface area contributed by atoms with Crippen molar-refractivity contribution in [2.75, 3.05) is 13.1 Å². The van der Waals surface area contributed by atoms with E-state index >= 15 is 0 Å². The van der Waals surface area contributed by atoms with E-state index in [4.69, 9.17) is 11.6 Å². The van der Waals surface area contributed by atoms with Gasteiger partial charge in [0, 0.05) is 12.2 Å². The lowest BCUT2D eigenvalue weighted by Crippen LogP contribution is -2.33. The standard InChI is InChI=1S/C13H19ClN2/c1-3-16-7-5-4-6-12(16)11-8-10(2)13(14)15-9-11/h8-9,12H,3-7H2,1-2H3. The molecule has 1 aliphatic rings. The van der Waals surface area contributed by atoms with E-state index in [-0.39, 0.29) is 0 Å². The molecule has 1 aliphatic heterocycles. The molecule has 1 unspecified atom stereocenters. The van der Waals surface area contributed by atoms with Crippen LogP contribution in [-0.2, 0) is 0 Å². The Hall–Kier alpha value is -0.600. The van der Waals surface area contributed by atoms with E-state index in [1.54, 1.807) is 0 Å². The SMILES string of the molecule is CCN1CCCCC1c1cnc(Cl)c(C)c1. The third-order valence-electron chi connectivity index (χ3n) is 3.44. The molecule has 16 heavy (non-hydrogen) atoms. The van der Waals surface area contributed by atoms with Crippen molar-refractivity contribution in [3.63, 3.8) is 0 Å². The number of piperidine rings is 1. The molecular weight excluding hydrogens is 220 g/mol. The van der Waals surface area contributed by atoms with Crippen molar-refractivity contribution >= 4 is 11.6 Å². The lowest BCUT2D eigenvalue weighted by Gasteiger charge is -2.35. The van der Waals surface area contributed by atoms with Crippen molar-refractivity contribution in [3.8, 4) is 0 Å². The second kappa shape index (κ2) is 5.15. The van der Waals surface area contributed by atoms with Gasteiger partial charge in [-0.25, -0.2) is 4.98 Å². The van der Waals surface area contributed by atoms with E-state index in [0.717, 1.165) is 12.1 Å². The van der Waals surface area contributed by atoms with E-state index in [0.29, 0.717) is 11.2 Å². The molecule has 3 heteroatoms. The molecule has 1 saturated heterocycles. The summed E-state index contributed by atoms with van der Waals surface area (Å²) in [4.78, 5) is 6.80. The topological polar surface area (TPSA) is 16.1 Å². The predicted molar refractivity (Wildman–Crippen MR) is 67.8 cm³/mol. The minimum absolute atomic E-state index is 0.544. The van der Waals surface area contributed by atoms with Crippen molar-refractivity contribution in [1.82, 2.24) is 9.88 Å². The largest absolute Gasteiger partial charge is 0.297 e. The van der Waals surface area contributed by atoms with Gasteiger partial charge in [0.2, 0.25) is 0 Å². The molecule has 0 radical (unpaired) electrons. The number of likely N-dealkylation sites (tertiary alicyclic amines) is 1. The second-order valence-corrected chi connectivity index (χ2v) is 4.87. The Morgan fingerprint density at radius 1 is 1.50 bits per heavy atom. The molecule has 0 N–H and O–H groups in total. The summed E-state index contributed by atoms with van der Waals surface area (Å²) in [5.74, 6) is 0. The maximum Gasteiger partial charge on any atom is 0.131 e. The third kappa shape index (κ3) is 2.38. The van der Waals surface area contributed by atoms with Gasteiger partial charge in [-0.05, 0) is 50.0 Å². The van der Waals surface area contributed by atoms with Gasteiger partial charge < -0.3 is 0 Å². The van der Waals surface area contributed by atoms with Crippen LogP contribution >= 0.6 is 11.6 Å². The Kier molecular flexibility index (Phi) is 3.82. The van der Waals surface area contributed by atoms with Crippen LogP contribution in [0.25, 0.3) is 0 Å². The van der Waals surface area contributed by atoms with Gasteiger partial charge in [-0.1, -0.05) is 24.9 Å². The van der Waals surface area contributed by atoms with Gasteiger partial charge in [0.05, 0.1) is 0 Å². The maximum absolute atomic E-state index is 5.97. The fourth-order valence-corrected chi connectivity index (χ4v) is 2.61. The van der Waals surface area contributed by atoms with E-state index in [9.17, 15) is 0 Å². The number of rotatable bonds is 2. The van der Waals surface area contributed by atoms with Crippen LogP contribution in [0.1, 0.15) is 43.4 Å². The predicted octanol–water partition coefficient (Wildman–Crippen LogP) is 3.59. The van der Waals surface area contributed by atoms with Crippen LogP contribution in [0.5, 0.6) is 0 Å². The monoisotopic (exact) mass is 238 g/mol. The number of nitrogens with zero attached hydrogens (tertiary/aromatic N) is 2. The van der Waals surface area contributed by atoms with Crippen LogP contribution in [0.4, 0.5) is 0 Å². The fourth-order valence-electron chi connectivity index (χ4n) is 2.51. The van der Waals surface area contributed by atoms with E-state index in [1.807, 2.05) is 13.1 Å². The van der Waals surface area contributed by atoms with Gasteiger partial charge in [-0.15, -0.1) is 0 Å². The van der Waals surface area contributed by atoms with E-state index in [1.165, 1.54) is 31.4 Å². The van der Waals surface area contributed by atoms with Crippen LogP contribution in [0.15, 0.2) is 12.3 Å². The lowest BCUT2D eigenvalue weighted by molar-refractivity contribution is 0.157. The third-order valence-corrected chi connectivity index (χ3v) is 3.84. The molecule has 1 atom stereocenters. The second-order valence-electron chi connectivity index (χ2n) is 4.52. The molecule has 88 valence electrons. The Bertz CT molecular complexity index is 365. The molecular formula is C13H19ClN2. The number of hydrogen-bond donors (Lipinski definition) is 0. The number of aryl methyl sites for hydroxylation is 1. The molecule has 1 aromatic heterocycles. The summed E-state index contributed by atoms with van der Waals surface area (Å²) in [6.07, 6.45) is 5.83. The average molecular weight is 239 g/mol. The first-order chi connectivity index (χ1) is 7.72. The van der Waals surface area contributed by atoms with Gasteiger partial charge in [-0.2, -0.15) is 0 Å². The molecule has 1 fully saturated rings. The lowest BCUT2D eigenvalue weighted by atomic mass is 9.96. The minimum atomic E-state index is 0.544. The fraction of sp³-hybridized carbons (Fsp3) is 0.615. The number of hydrogen-bond acceptors (Lipinski definition) is 2. The Morgan fingerprint density at radius 2 is 2.31 bits per heavy atom. The quantitative estimate of drug-likeness (QED) is 0.732. The molecule has 0 amide bonds. The number of aromatic nitrogens is 1. The van der Waals surface area contributed by atoms with Gasteiger partial charge in [0.15, 0.2) is 0 Å². The van der Waals surface area contributed by atoms with Crippen LogP contribution in [0.2, 0.25) is 5.15 Å². The van der Waals surface area contributed by atoms with Gasteiger partial charge in [0.1, 0.15) is 5.15 Å². The summed E-state index contributed by atoms with van der Waals surface area (Å²) < 4.78 is 0. The smallest absolute Gasteiger partial charge is 0.131 e. The molecule has 0 aromatic carbocycles. The highest BCUT2D eigenvalue weighted by atomic mass is 35.5. The van der Waals surface area contributed by atoms with E-state index < -0.39 is 0 Å². The van der Waals surface area contributed by atoms with Crippen LogP contribution in [0.3, 0.4) is 0 Å². The van der Waals surface area contributed by atoms with Gasteiger partial charge in [0.25, 0.3) is 0 Å². The van der Waals surface area contributed by atoms with Crippen molar-refractivity contribution in [3.05, 3.63) is 28.5 Å². The molecule has 1 aromatic rings. The maximum atomic E-state index is 5.97. The molecule has 2 nitrogen and oxygen atoms in total. The molecule has 0 aliphatic carbocycles. The average Bonchev–Trinajstić information content (AvgIpc) is 2.32. The van der Waals surface area contributed by atoms with Gasteiger partial charge >= 0.3 is 0 Å². The summed E-state index contributed by atoms with van der Waals surface area (Å²) in [5, 5.41) is 0.627. The normalized spacial score (nSPS) is 22.3. The number of pyridine rings is 1. The highest BCUT2D eigenvalue weighted by Crippen LogP contribution is 2.31. The summed E-state index contributed by atoms with van der Waals surface area (Å²) in [7, 11) is 0. The van der Waals surface area contributed by atoms with Crippen molar-refractivity contribution in [1.29, 1.82) is 0 Å². The highest BCUT2D eigenvalue weighted by Gasteiger charge is 2.22. The highest BCUT2D eigenvalue weighted by molar-refractivity contribution is 6.30. The molecule has 2 heterocycles. The summed E-state index contributed by atoms with van der Waals surface area (Å²) in [6.45, 7) is 6.58. The zero-order valence-corrected chi connectivity index (χ0v) is 10.8. The van der Waals surface area contributed by atoms with Crippen molar-refractivity contribution < 1.29 is 0 Å². The Balaban J connectivity index is 2.23. The molecule has 0 bridgehead atoms. The first-order valence-corrected chi connectivity index (χ1v) is 6.46. The van der Waals surface area contributed by atoms with Crippen molar-refractivity contribution in [2.24, 2.45) is 0 Å².